The second kappa shape index (κ2) is 8.22. The third-order valence-electron chi connectivity index (χ3n) is 6.13. The van der Waals surface area contributed by atoms with Gasteiger partial charge in [0, 0.05) is 15.8 Å². The Kier molecular flexibility index (Phi) is 5.24. The number of hydrogen-bond donors (Lipinski definition) is 1. The zero-order chi connectivity index (χ0) is 22.2. The van der Waals surface area contributed by atoms with Crippen LogP contribution in [-0.2, 0) is 12.8 Å². The van der Waals surface area contributed by atoms with E-state index in [-0.39, 0.29) is 5.91 Å². The van der Waals surface area contributed by atoms with Gasteiger partial charge < -0.3 is 5.32 Å². The number of rotatable bonds is 3. The highest BCUT2D eigenvalue weighted by Crippen LogP contribution is 2.39. The van der Waals surface area contributed by atoms with Crippen LogP contribution < -0.4 is 5.32 Å². The van der Waals surface area contributed by atoms with Gasteiger partial charge in [-0.1, -0.05) is 48.9 Å². The van der Waals surface area contributed by atoms with Crippen LogP contribution in [-0.4, -0.2) is 10.9 Å². The van der Waals surface area contributed by atoms with Gasteiger partial charge in [-0.3, -0.25) is 4.79 Å². The maximum atomic E-state index is 13.5. The van der Waals surface area contributed by atoms with Gasteiger partial charge in [-0.25, -0.2) is 4.98 Å². The number of fused-ring (bicyclic) bond motifs is 2. The molecule has 2 aromatic heterocycles. The topological polar surface area (TPSA) is 65.8 Å². The summed E-state index contributed by atoms with van der Waals surface area (Å²) in [6.07, 6.45) is 2.96. The number of carbonyl (C=O) groups is 1. The van der Waals surface area contributed by atoms with Gasteiger partial charge in [0.15, 0.2) is 0 Å². The average molecular weight is 438 g/mol. The lowest BCUT2D eigenvalue weighted by atomic mass is 9.88. The summed E-state index contributed by atoms with van der Waals surface area (Å²) in [6.45, 7) is 4.28. The van der Waals surface area contributed by atoms with Crippen LogP contribution in [0.15, 0.2) is 54.6 Å². The normalized spacial score (nSPS) is 15.2. The van der Waals surface area contributed by atoms with E-state index in [9.17, 15) is 10.1 Å². The summed E-state index contributed by atoms with van der Waals surface area (Å²) < 4.78 is 0. The molecule has 0 radical (unpaired) electrons. The average Bonchev–Trinajstić information content (AvgIpc) is 3.14. The minimum absolute atomic E-state index is 0.208. The van der Waals surface area contributed by atoms with E-state index in [1.54, 1.807) is 11.3 Å². The van der Waals surface area contributed by atoms with Crippen LogP contribution in [0.25, 0.3) is 22.2 Å². The molecule has 4 aromatic rings. The molecule has 1 amide bonds. The molecule has 0 fully saturated rings. The lowest BCUT2D eigenvalue weighted by Crippen LogP contribution is -2.13. The molecule has 158 valence electrons. The molecular formula is C27H23N3OS. The van der Waals surface area contributed by atoms with Gasteiger partial charge in [0.2, 0.25) is 0 Å². The van der Waals surface area contributed by atoms with Crippen LogP contribution in [0.1, 0.15) is 45.3 Å². The molecule has 0 spiro atoms. The number of thiophene rings is 1. The molecule has 5 heteroatoms. The lowest BCUT2D eigenvalue weighted by Gasteiger charge is -2.17. The zero-order valence-corrected chi connectivity index (χ0v) is 18.9. The summed E-state index contributed by atoms with van der Waals surface area (Å²) in [6, 6.07) is 20.0. The summed E-state index contributed by atoms with van der Waals surface area (Å²) in [4.78, 5) is 19.5. The Hall–Kier alpha value is -3.49. The fourth-order valence-electron chi connectivity index (χ4n) is 4.44. The molecule has 2 aromatic carbocycles. The van der Waals surface area contributed by atoms with Crippen molar-refractivity contribution in [2.75, 3.05) is 5.32 Å². The highest BCUT2D eigenvalue weighted by molar-refractivity contribution is 7.16. The van der Waals surface area contributed by atoms with Crippen molar-refractivity contribution < 1.29 is 4.79 Å². The van der Waals surface area contributed by atoms with E-state index < -0.39 is 0 Å². The number of para-hydroxylation sites is 1. The van der Waals surface area contributed by atoms with Gasteiger partial charge in [-0.05, 0) is 55.9 Å². The van der Waals surface area contributed by atoms with Crippen LogP contribution in [0.3, 0.4) is 0 Å². The number of nitrogens with one attached hydrogen (secondary N) is 1. The van der Waals surface area contributed by atoms with Crippen molar-refractivity contribution in [3.8, 4) is 17.3 Å². The maximum Gasteiger partial charge on any atom is 0.257 e. The van der Waals surface area contributed by atoms with E-state index in [0.717, 1.165) is 52.5 Å². The molecule has 2 heterocycles. The third kappa shape index (κ3) is 3.68. The maximum absolute atomic E-state index is 13.5. The van der Waals surface area contributed by atoms with Crippen molar-refractivity contribution in [3.63, 3.8) is 0 Å². The Morgan fingerprint density at radius 3 is 2.84 bits per heavy atom. The first-order valence-corrected chi connectivity index (χ1v) is 11.7. The third-order valence-corrected chi connectivity index (χ3v) is 7.29. The van der Waals surface area contributed by atoms with E-state index in [0.29, 0.717) is 22.0 Å². The van der Waals surface area contributed by atoms with E-state index in [2.05, 4.69) is 24.4 Å². The number of carbonyl (C=O) groups excluding carboxylic acids is 1. The van der Waals surface area contributed by atoms with Crippen LogP contribution in [0.2, 0.25) is 0 Å². The van der Waals surface area contributed by atoms with E-state index >= 15 is 0 Å². The highest BCUT2D eigenvalue weighted by atomic mass is 32.1. The zero-order valence-electron chi connectivity index (χ0n) is 18.1. The summed E-state index contributed by atoms with van der Waals surface area (Å²) in [5, 5.41) is 14.3. The van der Waals surface area contributed by atoms with E-state index in [1.165, 1.54) is 4.88 Å². The van der Waals surface area contributed by atoms with Crippen molar-refractivity contribution in [2.45, 2.75) is 33.1 Å². The Balaban J connectivity index is 1.58. The van der Waals surface area contributed by atoms with Gasteiger partial charge in [0.1, 0.15) is 11.1 Å². The standard InChI is InChI=1S/C27H23N3OS/c1-16-6-5-7-18(12-16)24-14-21(19-8-3-4-9-23(19)29-24)26(31)30-27-22(15-28)20-11-10-17(2)13-25(20)32-27/h3-9,12,14,17H,10-11,13H2,1-2H3,(H,30,31)/t17-/m0/s1. The Morgan fingerprint density at radius 1 is 1.19 bits per heavy atom. The molecule has 0 bridgehead atoms. The molecule has 5 rings (SSSR count). The fraction of sp³-hybridized carbons (Fsp3) is 0.222. The van der Waals surface area contributed by atoms with Crippen molar-refractivity contribution in [3.05, 3.63) is 81.7 Å². The number of aromatic nitrogens is 1. The van der Waals surface area contributed by atoms with Gasteiger partial charge in [0.25, 0.3) is 5.91 Å². The molecule has 0 aliphatic heterocycles. The second-order valence-electron chi connectivity index (χ2n) is 8.56. The Bertz CT molecular complexity index is 1400. The molecule has 0 unspecified atom stereocenters. The van der Waals surface area contributed by atoms with E-state index in [4.69, 9.17) is 4.98 Å². The summed E-state index contributed by atoms with van der Waals surface area (Å²) in [5.41, 5.74) is 5.96. The molecule has 0 saturated carbocycles. The fourth-order valence-corrected chi connectivity index (χ4v) is 5.80. The predicted octanol–water partition coefficient (Wildman–Crippen LogP) is 6.52. The van der Waals surface area contributed by atoms with Gasteiger partial charge in [-0.15, -0.1) is 11.3 Å². The molecule has 1 aliphatic rings. The van der Waals surface area contributed by atoms with Crippen molar-refractivity contribution in [2.24, 2.45) is 5.92 Å². The van der Waals surface area contributed by atoms with Crippen molar-refractivity contribution in [1.82, 2.24) is 4.98 Å². The van der Waals surface area contributed by atoms with Crippen LogP contribution in [0.5, 0.6) is 0 Å². The molecule has 1 N–H and O–H groups in total. The van der Waals surface area contributed by atoms with Crippen molar-refractivity contribution >= 4 is 33.1 Å². The number of amides is 1. The largest absolute Gasteiger partial charge is 0.312 e. The van der Waals surface area contributed by atoms with Crippen LogP contribution in [0.4, 0.5) is 5.00 Å². The van der Waals surface area contributed by atoms with Gasteiger partial charge in [0.05, 0.1) is 22.3 Å². The van der Waals surface area contributed by atoms with Crippen molar-refractivity contribution in [1.29, 1.82) is 5.26 Å². The number of anilines is 1. The van der Waals surface area contributed by atoms with Gasteiger partial charge >= 0.3 is 0 Å². The number of nitriles is 1. The quantitative estimate of drug-likeness (QED) is 0.397. The van der Waals surface area contributed by atoms with Crippen LogP contribution >= 0.6 is 11.3 Å². The number of aryl methyl sites for hydroxylation is 1. The number of benzene rings is 2. The number of hydrogen-bond acceptors (Lipinski definition) is 4. The smallest absolute Gasteiger partial charge is 0.257 e. The first-order valence-electron chi connectivity index (χ1n) is 10.9. The molecule has 32 heavy (non-hydrogen) atoms. The molecule has 4 nitrogen and oxygen atoms in total. The number of pyridine rings is 1. The predicted molar refractivity (Wildman–Crippen MR) is 130 cm³/mol. The summed E-state index contributed by atoms with van der Waals surface area (Å²) in [5.74, 6) is 0.401. The summed E-state index contributed by atoms with van der Waals surface area (Å²) in [7, 11) is 0. The minimum Gasteiger partial charge on any atom is -0.312 e. The lowest BCUT2D eigenvalue weighted by molar-refractivity contribution is 0.102. The first-order chi connectivity index (χ1) is 15.5. The molecule has 1 atom stereocenters. The first kappa shape index (κ1) is 20.4. The monoisotopic (exact) mass is 437 g/mol. The Morgan fingerprint density at radius 2 is 2.03 bits per heavy atom. The van der Waals surface area contributed by atoms with E-state index in [1.807, 2.05) is 55.5 Å². The SMILES string of the molecule is Cc1cccc(-c2cc(C(=O)Nc3sc4c(c3C#N)CC[C@H](C)C4)c3ccccc3n2)c1. The molecule has 1 aliphatic carbocycles. The summed E-state index contributed by atoms with van der Waals surface area (Å²) >= 11 is 1.55. The number of nitrogens with zero attached hydrogens (tertiary/aromatic N) is 2. The molecule has 0 saturated heterocycles. The Labute approximate surface area is 191 Å². The highest BCUT2D eigenvalue weighted by Gasteiger charge is 2.25. The van der Waals surface area contributed by atoms with Crippen LogP contribution in [0, 0.1) is 24.2 Å². The second-order valence-corrected chi connectivity index (χ2v) is 9.67. The minimum atomic E-state index is -0.208. The van der Waals surface area contributed by atoms with Gasteiger partial charge in [-0.2, -0.15) is 5.26 Å². The molecular weight excluding hydrogens is 414 g/mol.